The molecule has 17 heavy (non-hydrogen) atoms. The van der Waals surface area contributed by atoms with E-state index in [1.165, 1.54) is 0 Å². The van der Waals surface area contributed by atoms with Gasteiger partial charge in [-0.1, -0.05) is 0 Å². The van der Waals surface area contributed by atoms with E-state index in [4.69, 9.17) is 15.2 Å². The summed E-state index contributed by atoms with van der Waals surface area (Å²) in [6.07, 6.45) is 0.907. The van der Waals surface area contributed by atoms with E-state index in [9.17, 15) is 0 Å². The fourth-order valence-corrected chi connectivity index (χ4v) is 1.88. The van der Waals surface area contributed by atoms with Gasteiger partial charge in [0.05, 0.1) is 18.0 Å². The van der Waals surface area contributed by atoms with Crippen LogP contribution in [0.15, 0.2) is 12.1 Å². The smallest absolute Gasteiger partial charge is 0.126 e. The highest BCUT2D eigenvalue weighted by molar-refractivity contribution is 5.49. The molecule has 1 aromatic heterocycles. The van der Waals surface area contributed by atoms with Gasteiger partial charge in [-0.2, -0.15) is 0 Å². The number of hydrogen-bond acceptors (Lipinski definition) is 5. The van der Waals surface area contributed by atoms with Crippen molar-refractivity contribution in [2.45, 2.75) is 18.9 Å². The summed E-state index contributed by atoms with van der Waals surface area (Å²) in [6.45, 7) is 3.97. The van der Waals surface area contributed by atoms with Crippen molar-refractivity contribution in [2.24, 2.45) is 0 Å². The van der Waals surface area contributed by atoms with Crippen LogP contribution in [0.5, 0.6) is 0 Å². The number of methoxy groups -OCH3 is 1. The van der Waals surface area contributed by atoms with Gasteiger partial charge in [-0.15, -0.1) is 0 Å². The number of ether oxygens (including phenoxy) is 2. The van der Waals surface area contributed by atoms with Crippen molar-refractivity contribution in [2.75, 3.05) is 37.9 Å². The number of aromatic nitrogens is 1. The number of anilines is 2. The average molecular weight is 237 g/mol. The Hall–Kier alpha value is -1.33. The van der Waals surface area contributed by atoms with Crippen molar-refractivity contribution in [3.63, 3.8) is 0 Å². The number of pyridine rings is 1. The van der Waals surface area contributed by atoms with Crippen LogP contribution in [0.2, 0.25) is 0 Å². The quantitative estimate of drug-likeness (QED) is 0.823. The van der Waals surface area contributed by atoms with Crippen molar-refractivity contribution >= 4 is 11.5 Å². The zero-order chi connectivity index (χ0) is 12.3. The predicted molar refractivity (Wildman–Crippen MR) is 67.1 cm³/mol. The van der Waals surface area contributed by atoms with Crippen molar-refractivity contribution in [1.82, 2.24) is 4.98 Å². The molecule has 5 nitrogen and oxygen atoms in total. The predicted octanol–water partition coefficient (Wildman–Crippen LogP) is 1.19. The van der Waals surface area contributed by atoms with Crippen LogP contribution in [0.25, 0.3) is 0 Å². The summed E-state index contributed by atoms with van der Waals surface area (Å²) in [5, 5.41) is 3.27. The molecule has 5 heteroatoms. The average Bonchev–Trinajstić information content (AvgIpc) is 2.80. The second-order valence-corrected chi connectivity index (χ2v) is 4.41. The van der Waals surface area contributed by atoms with Gasteiger partial charge in [0.15, 0.2) is 0 Å². The molecule has 1 aliphatic heterocycles. The van der Waals surface area contributed by atoms with Crippen LogP contribution >= 0.6 is 0 Å². The summed E-state index contributed by atoms with van der Waals surface area (Å²) in [5.41, 5.74) is 7.05. The highest BCUT2D eigenvalue weighted by Crippen LogP contribution is 2.23. The Balaban J connectivity index is 1.99. The molecule has 0 aromatic carbocycles. The van der Waals surface area contributed by atoms with Gasteiger partial charge in [-0.3, -0.25) is 0 Å². The number of nitrogens with two attached hydrogens (primary N) is 1. The van der Waals surface area contributed by atoms with Gasteiger partial charge in [0.1, 0.15) is 11.4 Å². The highest BCUT2D eigenvalue weighted by atomic mass is 16.5. The van der Waals surface area contributed by atoms with Gasteiger partial charge in [0.2, 0.25) is 0 Å². The van der Waals surface area contributed by atoms with Crippen LogP contribution in [0.1, 0.15) is 12.1 Å². The number of aryl methyl sites for hydroxylation is 1. The van der Waals surface area contributed by atoms with Crippen molar-refractivity contribution < 1.29 is 9.47 Å². The Morgan fingerprint density at radius 2 is 2.41 bits per heavy atom. The summed E-state index contributed by atoms with van der Waals surface area (Å²) in [7, 11) is 1.72. The highest BCUT2D eigenvalue weighted by Gasteiger charge is 2.34. The van der Waals surface area contributed by atoms with E-state index in [1.807, 2.05) is 19.1 Å². The van der Waals surface area contributed by atoms with Crippen LogP contribution in [0, 0.1) is 6.92 Å². The number of nitrogens with one attached hydrogen (secondary N) is 1. The first-order chi connectivity index (χ1) is 8.15. The molecule has 1 unspecified atom stereocenters. The van der Waals surface area contributed by atoms with Crippen molar-refractivity contribution in [3.05, 3.63) is 17.8 Å². The SMILES string of the molecule is COC1(CNc2ccc(N)c(C)n2)CCOC1. The van der Waals surface area contributed by atoms with E-state index in [0.717, 1.165) is 24.5 Å². The molecule has 3 N–H and O–H groups in total. The normalized spacial score (nSPS) is 23.9. The van der Waals surface area contributed by atoms with E-state index < -0.39 is 0 Å². The number of nitrogen functional groups attached to an aromatic ring is 1. The van der Waals surface area contributed by atoms with Gasteiger partial charge >= 0.3 is 0 Å². The Morgan fingerprint density at radius 1 is 1.59 bits per heavy atom. The summed E-state index contributed by atoms with van der Waals surface area (Å²) < 4.78 is 10.9. The molecule has 0 radical (unpaired) electrons. The monoisotopic (exact) mass is 237 g/mol. The molecule has 1 saturated heterocycles. The van der Waals surface area contributed by atoms with Gasteiger partial charge in [-0.25, -0.2) is 4.98 Å². The molecule has 2 heterocycles. The molecular weight excluding hydrogens is 218 g/mol. The molecule has 1 aliphatic rings. The van der Waals surface area contributed by atoms with E-state index >= 15 is 0 Å². The van der Waals surface area contributed by atoms with Gasteiger partial charge in [-0.05, 0) is 19.1 Å². The first kappa shape index (κ1) is 12.1. The van der Waals surface area contributed by atoms with Crippen LogP contribution < -0.4 is 11.1 Å². The Bertz CT molecular complexity index is 389. The summed E-state index contributed by atoms with van der Waals surface area (Å²) in [5.74, 6) is 0.819. The molecule has 1 atom stereocenters. The minimum Gasteiger partial charge on any atom is -0.397 e. The Kier molecular flexibility index (Phi) is 3.49. The molecule has 0 amide bonds. The van der Waals surface area contributed by atoms with Crippen molar-refractivity contribution in [1.29, 1.82) is 0 Å². The summed E-state index contributed by atoms with van der Waals surface area (Å²) in [6, 6.07) is 3.73. The molecule has 94 valence electrons. The standard InChI is InChI=1S/C12H19N3O2/c1-9-10(13)3-4-11(15-9)14-7-12(16-2)5-6-17-8-12/h3-4H,5-8,13H2,1-2H3,(H,14,15). The molecule has 0 bridgehead atoms. The lowest BCUT2D eigenvalue weighted by Crippen LogP contribution is -2.39. The van der Waals surface area contributed by atoms with Gasteiger partial charge in [0.25, 0.3) is 0 Å². The maximum Gasteiger partial charge on any atom is 0.126 e. The summed E-state index contributed by atoms with van der Waals surface area (Å²) in [4.78, 5) is 4.37. The third-order valence-corrected chi connectivity index (χ3v) is 3.22. The molecule has 1 aromatic rings. The number of rotatable bonds is 4. The molecule has 2 rings (SSSR count). The molecule has 1 fully saturated rings. The largest absolute Gasteiger partial charge is 0.397 e. The van der Waals surface area contributed by atoms with E-state index in [1.54, 1.807) is 7.11 Å². The Labute approximate surface area is 101 Å². The lowest BCUT2D eigenvalue weighted by molar-refractivity contribution is -0.00625. The minimum atomic E-state index is -0.225. The fraction of sp³-hybridized carbons (Fsp3) is 0.583. The van der Waals surface area contributed by atoms with E-state index in [0.29, 0.717) is 18.8 Å². The van der Waals surface area contributed by atoms with Crippen molar-refractivity contribution in [3.8, 4) is 0 Å². The van der Waals surface area contributed by atoms with Crippen LogP contribution in [-0.2, 0) is 9.47 Å². The first-order valence-electron chi connectivity index (χ1n) is 5.75. The zero-order valence-corrected chi connectivity index (χ0v) is 10.3. The zero-order valence-electron chi connectivity index (χ0n) is 10.3. The summed E-state index contributed by atoms with van der Waals surface area (Å²) >= 11 is 0. The van der Waals surface area contributed by atoms with E-state index in [2.05, 4.69) is 10.3 Å². The topological polar surface area (TPSA) is 69.4 Å². The minimum absolute atomic E-state index is 0.225. The maximum atomic E-state index is 5.72. The third kappa shape index (κ3) is 2.68. The molecule has 0 aliphatic carbocycles. The third-order valence-electron chi connectivity index (χ3n) is 3.22. The van der Waals surface area contributed by atoms with Gasteiger partial charge in [0, 0.05) is 26.7 Å². The number of hydrogen-bond donors (Lipinski definition) is 2. The van der Waals surface area contributed by atoms with Crippen LogP contribution in [-0.4, -0.2) is 37.5 Å². The molecule has 0 spiro atoms. The first-order valence-corrected chi connectivity index (χ1v) is 5.75. The number of nitrogens with zero attached hydrogens (tertiary/aromatic N) is 1. The van der Waals surface area contributed by atoms with Gasteiger partial charge < -0.3 is 20.5 Å². The second kappa shape index (κ2) is 4.89. The fourth-order valence-electron chi connectivity index (χ4n) is 1.88. The molecular formula is C12H19N3O2. The Morgan fingerprint density at radius 3 is 3.00 bits per heavy atom. The lowest BCUT2D eigenvalue weighted by Gasteiger charge is -2.26. The van der Waals surface area contributed by atoms with Crippen LogP contribution in [0.4, 0.5) is 11.5 Å². The van der Waals surface area contributed by atoms with Crippen LogP contribution in [0.3, 0.4) is 0 Å². The lowest BCUT2D eigenvalue weighted by atomic mass is 10.0. The second-order valence-electron chi connectivity index (χ2n) is 4.41. The maximum absolute atomic E-state index is 5.72. The van der Waals surface area contributed by atoms with E-state index in [-0.39, 0.29) is 5.60 Å². The molecule has 0 saturated carbocycles.